The molecule has 0 aliphatic heterocycles. The van der Waals surface area contributed by atoms with Crippen LogP contribution in [0.5, 0.6) is 0 Å². The first-order valence-electron chi connectivity index (χ1n) is 10.5. The molecule has 8 nitrogen and oxygen atoms in total. The third-order valence-corrected chi connectivity index (χ3v) is 5.13. The Morgan fingerprint density at radius 3 is 2.60 bits per heavy atom. The summed E-state index contributed by atoms with van der Waals surface area (Å²) in [4.78, 5) is 8.97. The van der Waals surface area contributed by atoms with Crippen LogP contribution in [0.1, 0.15) is 50.3 Å². The molecule has 0 aliphatic rings. The predicted molar refractivity (Wildman–Crippen MR) is 115 cm³/mol. The number of nitrogens with one attached hydrogen (secondary N) is 1. The Kier molecular flexibility index (Phi) is 6.22. The highest BCUT2D eigenvalue weighted by Crippen LogP contribution is 2.29. The van der Waals surface area contributed by atoms with Gasteiger partial charge in [-0.3, -0.25) is 4.98 Å². The highest BCUT2D eigenvalue weighted by Gasteiger charge is 2.12. The van der Waals surface area contributed by atoms with Crippen molar-refractivity contribution in [1.29, 1.82) is 0 Å². The standard InChI is InChI=1S/C22H26N8/c1-3-5-6-13-30-21(24-20(4-2)27-30)14-16-7-9-17(10-8-16)18-11-12-23-15-19(18)22-25-28-29-26-22/h7-12,15H,3-6,13-14H2,1-2H3,(H,25,26,28,29). The summed E-state index contributed by atoms with van der Waals surface area (Å²) in [5, 5.41) is 18.9. The summed E-state index contributed by atoms with van der Waals surface area (Å²) >= 11 is 0. The van der Waals surface area contributed by atoms with Crippen molar-refractivity contribution in [1.82, 2.24) is 40.4 Å². The van der Waals surface area contributed by atoms with Crippen molar-refractivity contribution in [3.8, 4) is 22.5 Å². The lowest BCUT2D eigenvalue weighted by molar-refractivity contribution is 0.531. The van der Waals surface area contributed by atoms with Crippen molar-refractivity contribution in [2.75, 3.05) is 0 Å². The van der Waals surface area contributed by atoms with Crippen LogP contribution in [0.4, 0.5) is 0 Å². The average molecular weight is 403 g/mol. The first-order valence-corrected chi connectivity index (χ1v) is 10.5. The van der Waals surface area contributed by atoms with Crippen LogP contribution >= 0.6 is 0 Å². The molecule has 1 N–H and O–H groups in total. The van der Waals surface area contributed by atoms with E-state index in [9.17, 15) is 0 Å². The van der Waals surface area contributed by atoms with Crippen LogP contribution in [-0.4, -0.2) is 40.4 Å². The van der Waals surface area contributed by atoms with E-state index >= 15 is 0 Å². The Bertz CT molecular complexity index is 1070. The SMILES string of the molecule is CCCCCn1nc(CC)nc1Cc1ccc(-c2ccncc2-c2nnn[nH]2)cc1. The van der Waals surface area contributed by atoms with E-state index in [0.717, 1.165) is 54.1 Å². The summed E-state index contributed by atoms with van der Waals surface area (Å²) in [7, 11) is 0. The molecule has 0 aliphatic carbocycles. The maximum Gasteiger partial charge on any atom is 0.181 e. The zero-order valence-electron chi connectivity index (χ0n) is 17.4. The number of hydrogen-bond donors (Lipinski definition) is 1. The van der Waals surface area contributed by atoms with E-state index in [0.29, 0.717) is 5.82 Å². The van der Waals surface area contributed by atoms with Gasteiger partial charge in [-0.25, -0.2) is 14.8 Å². The molecule has 0 spiro atoms. The van der Waals surface area contributed by atoms with Crippen LogP contribution in [0, 0.1) is 0 Å². The van der Waals surface area contributed by atoms with Gasteiger partial charge in [0, 0.05) is 37.3 Å². The average Bonchev–Trinajstić information content (AvgIpc) is 3.45. The summed E-state index contributed by atoms with van der Waals surface area (Å²) in [6.45, 7) is 5.24. The molecule has 8 heteroatoms. The van der Waals surface area contributed by atoms with E-state index in [1.165, 1.54) is 18.4 Å². The lowest BCUT2D eigenvalue weighted by atomic mass is 9.99. The molecule has 0 radical (unpaired) electrons. The second kappa shape index (κ2) is 9.39. The minimum Gasteiger partial charge on any atom is -0.264 e. The van der Waals surface area contributed by atoms with Crippen molar-refractivity contribution in [3.63, 3.8) is 0 Å². The molecule has 1 aromatic carbocycles. The van der Waals surface area contributed by atoms with Crippen molar-refractivity contribution in [3.05, 3.63) is 59.9 Å². The summed E-state index contributed by atoms with van der Waals surface area (Å²) in [6.07, 6.45) is 8.73. The van der Waals surface area contributed by atoms with E-state index in [1.54, 1.807) is 12.4 Å². The molecule has 154 valence electrons. The van der Waals surface area contributed by atoms with Gasteiger partial charge in [0.15, 0.2) is 11.6 Å². The number of aromatic amines is 1. The zero-order chi connectivity index (χ0) is 20.8. The number of nitrogens with zero attached hydrogens (tertiary/aromatic N) is 7. The second-order valence-electron chi connectivity index (χ2n) is 7.27. The van der Waals surface area contributed by atoms with Gasteiger partial charge in [0.1, 0.15) is 5.82 Å². The van der Waals surface area contributed by atoms with E-state index in [1.807, 2.05) is 6.07 Å². The molecule has 0 amide bonds. The van der Waals surface area contributed by atoms with E-state index < -0.39 is 0 Å². The van der Waals surface area contributed by atoms with Crippen LogP contribution in [0.2, 0.25) is 0 Å². The Balaban J connectivity index is 1.55. The van der Waals surface area contributed by atoms with Crippen molar-refractivity contribution >= 4 is 0 Å². The molecular formula is C22H26N8. The third kappa shape index (κ3) is 4.42. The topological polar surface area (TPSA) is 98.1 Å². The summed E-state index contributed by atoms with van der Waals surface area (Å²) < 4.78 is 2.08. The fraction of sp³-hybridized carbons (Fsp3) is 0.364. The van der Waals surface area contributed by atoms with Gasteiger partial charge in [0.25, 0.3) is 0 Å². The smallest absolute Gasteiger partial charge is 0.181 e. The van der Waals surface area contributed by atoms with Gasteiger partial charge in [-0.15, -0.1) is 5.10 Å². The van der Waals surface area contributed by atoms with Gasteiger partial charge in [-0.2, -0.15) is 5.10 Å². The Hall–Kier alpha value is -3.42. The van der Waals surface area contributed by atoms with E-state index in [-0.39, 0.29) is 0 Å². The zero-order valence-corrected chi connectivity index (χ0v) is 17.4. The molecule has 4 rings (SSSR count). The van der Waals surface area contributed by atoms with Crippen molar-refractivity contribution in [2.45, 2.75) is 52.5 Å². The minimum atomic E-state index is 0.606. The number of H-pyrrole nitrogens is 1. The monoisotopic (exact) mass is 402 g/mol. The number of aryl methyl sites for hydroxylation is 2. The predicted octanol–water partition coefficient (Wildman–Crippen LogP) is 3.86. The highest BCUT2D eigenvalue weighted by atomic mass is 15.5. The van der Waals surface area contributed by atoms with E-state index in [4.69, 9.17) is 4.98 Å². The van der Waals surface area contributed by atoms with Gasteiger partial charge in [0.05, 0.1) is 0 Å². The van der Waals surface area contributed by atoms with E-state index in [2.05, 4.69) is 73.5 Å². The normalized spacial score (nSPS) is 11.1. The minimum absolute atomic E-state index is 0.606. The maximum absolute atomic E-state index is 4.75. The summed E-state index contributed by atoms with van der Waals surface area (Å²) in [6, 6.07) is 10.5. The van der Waals surface area contributed by atoms with Gasteiger partial charge in [-0.05, 0) is 39.6 Å². The Labute approximate surface area is 175 Å². The molecule has 0 fully saturated rings. The molecule has 0 bridgehead atoms. The molecule has 3 aromatic heterocycles. The quantitative estimate of drug-likeness (QED) is 0.427. The molecule has 30 heavy (non-hydrogen) atoms. The number of rotatable bonds is 9. The molecular weight excluding hydrogens is 376 g/mol. The first kappa shape index (κ1) is 19.9. The van der Waals surface area contributed by atoms with Crippen LogP contribution in [-0.2, 0) is 19.4 Å². The molecule has 0 atom stereocenters. The van der Waals surface area contributed by atoms with Crippen LogP contribution in [0.3, 0.4) is 0 Å². The largest absolute Gasteiger partial charge is 0.264 e. The van der Waals surface area contributed by atoms with Crippen molar-refractivity contribution < 1.29 is 0 Å². The fourth-order valence-corrected chi connectivity index (χ4v) is 3.49. The maximum atomic E-state index is 4.75. The highest BCUT2D eigenvalue weighted by molar-refractivity contribution is 5.79. The summed E-state index contributed by atoms with van der Waals surface area (Å²) in [5.74, 6) is 2.56. The van der Waals surface area contributed by atoms with Gasteiger partial charge in [0.2, 0.25) is 0 Å². The Morgan fingerprint density at radius 2 is 1.87 bits per heavy atom. The number of pyridine rings is 1. The number of tetrazole rings is 1. The molecule has 0 saturated heterocycles. The van der Waals surface area contributed by atoms with Gasteiger partial charge >= 0.3 is 0 Å². The van der Waals surface area contributed by atoms with Crippen LogP contribution in [0.15, 0.2) is 42.7 Å². The molecule has 4 aromatic rings. The molecule has 0 saturated carbocycles. The molecule has 0 unspecified atom stereocenters. The number of aromatic nitrogens is 8. The lowest BCUT2D eigenvalue weighted by Gasteiger charge is -2.09. The van der Waals surface area contributed by atoms with Gasteiger partial charge < -0.3 is 0 Å². The second-order valence-corrected chi connectivity index (χ2v) is 7.27. The number of hydrogen-bond acceptors (Lipinski definition) is 6. The Morgan fingerprint density at radius 1 is 1.00 bits per heavy atom. The van der Waals surface area contributed by atoms with Crippen LogP contribution < -0.4 is 0 Å². The third-order valence-electron chi connectivity index (χ3n) is 5.13. The number of benzene rings is 1. The lowest BCUT2D eigenvalue weighted by Crippen LogP contribution is -2.06. The first-order chi connectivity index (χ1) is 14.8. The van der Waals surface area contributed by atoms with Crippen LogP contribution in [0.25, 0.3) is 22.5 Å². The fourth-order valence-electron chi connectivity index (χ4n) is 3.49. The summed E-state index contributed by atoms with van der Waals surface area (Å²) in [5.41, 5.74) is 4.21. The van der Waals surface area contributed by atoms with Gasteiger partial charge in [-0.1, -0.05) is 51.0 Å². The molecule has 3 heterocycles. The number of unbranched alkanes of at least 4 members (excludes halogenated alkanes) is 2. The van der Waals surface area contributed by atoms with Crippen molar-refractivity contribution in [2.24, 2.45) is 0 Å².